The summed E-state index contributed by atoms with van der Waals surface area (Å²) in [7, 11) is 1.30. The van der Waals surface area contributed by atoms with Crippen molar-refractivity contribution in [3.63, 3.8) is 0 Å². The quantitative estimate of drug-likeness (QED) is 0.598. The topological polar surface area (TPSA) is 43.4 Å². The summed E-state index contributed by atoms with van der Waals surface area (Å²) in [5.41, 5.74) is 1.56. The summed E-state index contributed by atoms with van der Waals surface area (Å²) in [6, 6.07) is 4.79. The van der Waals surface area contributed by atoms with Crippen LogP contribution in [0.25, 0.3) is 0 Å². The summed E-state index contributed by atoms with van der Waals surface area (Å²) in [4.78, 5) is 22.2. The molecule has 4 heteroatoms. The molecule has 1 rings (SSSR count). The molecule has 0 unspecified atom stereocenters. The average Bonchev–Trinajstić information content (AvgIpc) is 2.17. The Hall–Kier alpha value is -1.29. The van der Waals surface area contributed by atoms with Gasteiger partial charge < -0.3 is 4.74 Å². The highest BCUT2D eigenvalue weighted by Crippen LogP contribution is 2.13. The van der Waals surface area contributed by atoms with Crippen LogP contribution < -0.4 is 0 Å². The minimum Gasteiger partial charge on any atom is -0.465 e. The Balaban J connectivity index is 3.21. The maximum Gasteiger partial charge on any atom is 0.338 e. The van der Waals surface area contributed by atoms with Crippen LogP contribution in [-0.4, -0.2) is 18.2 Å². The Morgan fingerprint density at radius 2 is 2.00 bits per heavy atom. The summed E-state index contributed by atoms with van der Waals surface area (Å²) in [6.45, 7) is 1.78. The fourth-order valence-electron chi connectivity index (χ4n) is 1.08. The predicted octanol–water partition coefficient (Wildman–Crippen LogP) is 1.85. The van der Waals surface area contributed by atoms with Crippen molar-refractivity contribution in [2.75, 3.05) is 7.11 Å². The van der Waals surface area contributed by atoms with Crippen LogP contribution in [0.15, 0.2) is 18.2 Å². The van der Waals surface area contributed by atoms with Gasteiger partial charge in [0, 0.05) is 5.56 Å². The lowest BCUT2D eigenvalue weighted by molar-refractivity contribution is 0.0600. The molecule has 0 aliphatic heterocycles. The number of carbonyl (C=O) groups is 2. The van der Waals surface area contributed by atoms with E-state index in [1.807, 2.05) is 0 Å². The molecule has 0 radical (unpaired) electrons. The first kappa shape index (κ1) is 10.8. The number of rotatable bonds is 2. The highest BCUT2D eigenvalue weighted by molar-refractivity contribution is 7.97. The van der Waals surface area contributed by atoms with E-state index in [-0.39, 0.29) is 5.12 Å². The van der Waals surface area contributed by atoms with Crippen molar-refractivity contribution in [2.45, 2.75) is 6.92 Å². The van der Waals surface area contributed by atoms with E-state index in [4.69, 9.17) is 0 Å². The van der Waals surface area contributed by atoms with Gasteiger partial charge in [0.2, 0.25) is 5.12 Å². The SMILES string of the molecule is COC(=O)c1cc(C(=O)S)ccc1C. The highest BCUT2D eigenvalue weighted by atomic mass is 32.1. The van der Waals surface area contributed by atoms with Gasteiger partial charge in [-0.05, 0) is 18.6 Å². The minimum absolute atomic E-state index is 0.366. The van der Waals surface area contributed by atoms with Crippen LogP contribution in [0.2, 0.25) is 0 Å². The monoisotopic (exact) mass is 210 g/mol. The fraction of sp³-hybridized carbons (Fsp3) is 0.200. The molecule has 0 heterocycles. The fourth-order valence-corrected chi connectivity index (χ4v) is 1.22. The molecule has 1 aromatic rings. The van der Waals surface area contributed by atoms with Gasteiger partial charge in [0.25, 0.3) is 0 Å². The number of esters is 1. The Bertz CT molecular complexity index is 385. The van der Waals surface area contributed by atoms with Gasteiger partial charge in [0.1, 0.15) is 0 Å². The molecule has 0 N–H and O–H groups in total. The lowest BCUT2D eigenvalue weighted by Crippen LogP contribution is -2.05. The number of ether oxygens (including phenoxy) is 1. The second-order valence-corrected chi connectivity index (χ2v) is 3.23. The lowest BCUT2D eigenvalue weighted by atomic mass is 10.1. The molecular formula is C10H10O3S. The predicted molar refractivity (Wildman–Crippen MR) is 55.8 cm³/mol. The van der Waals surface area contributed by atoms with Gasteiger partial charge in [-0.15, -0.1) is 12.6 Å². The first-order valence-electron chi connectivity index (χ1n) is 3.98. The third-order valence-electron chi connectivity index (χ3n) is 1.89. The van der Waals surface area contributed by atoms with Gasteiger partial charge in [-0.1, -0.05) is 12.1 Å². The van der Waals surface area contributed by atoms with Crippen molar-refractivity contribution in [3.8, 4) is 0 Å². The van der Waals surface area contributed by atoms with E-state index in [1.165, 1.54) is 13.2 Å². The maximum atomic E-state index is 11.3. The summed E-state index contributed by atoms with van der Waals surface area (Å²) in [6.07, 6.45) is 0. The van der Waals surface area contributed by atoms with Gasteiger partial charge in [-0.2, -0.15) is 0 Å². The van der Waals surface area contributed by atoms with Crippen LogP contribution in [0, 0.1) is 6.92 Å². The summed E-state index contributed by atoms with van der Waals surface area (Å²) in [5, 5.41) is -0.366. The number of aryl methyl sites for hydroxylation is 1. The zero-order valence-electron chi connectivity index (χ0n) is 7.90. The second-order valence-electron chi connectivity index (χ2n) is 2.83. The zero-order valence-corrected chi connectivity index (χ0v) is 8.80. The molecule has 14 heavy (non-hydrogen) atoms. The molecule has 0 fully saturated rings. The van der Waals surface area contributed by atoms with E-state index >= 15 is 0 Å². The standard InChI is InChI=1S/C10H10O3S/c1-6-3-4-7(10(12)14)5-8(6)9(11)13-2/h3-5H,1-2H3,(H,12,14). The van der Waals surface area contributed by atoms with E-state index < -0.39 is 5.97 Å². The van der Waals surface area contributed by atoms with Gasteiger partial charge >= 0.3 is 5.97 Å². The zero-order chi connectivity index (χ0) is 10.7. The summed E-state index contributed by atoms with van der Waals surface area (Å²) < 4.78 is 4.58. The second kappa shape index (κ2) is 4.28. The molecule has 74 valence electrons. The molecule has 0 aliphatic carbocycles. The van der Waals surface area contributed by atoms with Crippen molar-refractivity contribution in [1.82, 2.24) is 0 Å². The number of hydrogen-bond donors (Lipinski definition) is 1. The number of thiol groups is 1. The maximum absolute atomic E-state index is 11.3. The third-order valence-corrected chi connectivity index (χ3v) is 2.15. The molecule has 1 aromatic carbocycles. The Morgan fingerprint density at radius 1 is 1.36 bits per heavy atom. The van der Waals surface area contributed by atoms with Crippen molar-refractivity contribution < 1.29 is 14.3 Å². The van der Waals surface area contributed by atoms with E-state index in [1.54, 1.807) is 19.1 Å². The smallest absolute Gasteiger partial charge is 0.338 e. The van der Waals surface area contributed by atoms with Crippen molar-refractivity contribution >= 4 is 23.7 Å². The minimum atomic E-state index is -0.445. The first-order valence-corrected chi connectivity index (χ1v) is 4.43. The average molecular weight is 210 g/mol. The Morgan fingerprint density at radius 3 is 2.50 bits per heavy atom. The van der Waals surface area contributed by atoms with Gasteiger partial charge in [-0.25, -0.2) is 4.79 Å². The van der Waals surface area contributed by atoms with Gasteiger partial charge in [-0.3, -0.25) is 4.79 Å². The van der Waals surface area contributed by atoms with E-state index in [2.05, 4.69) is 17.4 Å². The molecule has 0 saturated carbocycles. The summed E-state index contributed by atoms with van der Waals surface area (Å²) >= 11 is 3.68. The number of hydrogen-bond acceptors (Lipinski definition) is 3. The molecule has 0 amide bonds. The molecule has 0 aliphatic rings. The molecule has 0 spiro atoms. The number of carbonyl (C=O) groups excluding carboxylic acids is 2. The highest BCUT2D eigenvalue weighted by Gasteiger charge is 2.11. The van der Waals surface area contributed by atoms with Crippen molar-refractivity contribution in [1.29, 1.82) is 0 Å². The Kier molecular flexibility index (Phi) is 3.30. The molecule has 3 nitrogen and oxygen atoms in total. The van der Waals surface area contributed by atoms with E-state index in [9.17, 15) is 9.59 Å². The van der Waals surface area contributed by atoms with Crippen LogP contribution in [0.3, 0.4) is 0 Å². The number of methoxy groups -OCH3 is 1. The van der Waals surface area contributed by atoms with Crippen LogP contribution >= 0.6 is 12.6 Å². The van der Waals surface area contributed by atoms with Crippen molar-refractivity contribution in [2.24, 2.45) is 0 Å². The molecule has 0 aromatic heterocycles. The number of benzene rings is 1. The van der Waals surface area contributed by atoms with Crippen LogP contribution in [-0.2, 0) is 4.74 Å². The first-order chi connectivity index (χ1) is 6.56. The molecule has 0 bridgehead atoms. The lowest BCUT2D eigenvalue weighted by Gasteiger charge is -2.04. The molecule has 0 atom stereocenters. The van der Waals surface area contributed by atoms with Gasteiger partial charge in [0.05, 0.1) is 12.7 Å². The summed E-state index contributed by atoms with van der Waals surface area (Å²) in [5.74, 6) is -0.445. The Labute approximate surface area is 87.5 Å². The third kappa shape index (κ3) is 2.14. The van der Waals surface area contributed by atoms with Crippen LogP contribution in [0.1, 0.15) is 26.3 Å². The van der Waals surface area contributed by atoms with E-state index in [0.717, 1.165) is 5.56 Å². The molecule has 0 saturated heterocycles. The normalized spacial score (nSPS) is 9.64. The molecular weight excluding hydrogens is 200 g/mol. The van der Waals surface area contributed by atoms with E-state index in [0.29, 0.717) is 11.1 Å². The van der Waals surface area contributed by atoms with Crippen LogP contribution in [0.5, 0.6) is 0 Å². The largest absolute Gasteiger partial charge is 0.465 e. The van der Waals surface area contributed by atoms with Gasteiger partial charge in [0.15, 0.2) is 0 Å². The van der Waals surface area contributed by atoms with Crippen LogP contribution in [0.4, 0.5) is 0 Å². The van der Waals surface area contributed by atoms with Crippen molar-refractivity contribution in [3.05, 3.63) is 34.9 Å².